The number of nitrogens with one attached hydrogen (secondary N) is 3. The Labute approximate surface area is 283 Å². The third-order valence-corrected chi connectivity index (χ3v) is 9.70. The van der Waals surface area contributed by atoms with E-state index in [4.69, 9.17) is 4.98 Å². The van der Waals surface area contributed by atoms with Crippen molar-refractivity contribution in [3.8, 4) is 34.4 Å². The average molecular weight is 638 g/mol. The predicted octanol–water partition coefficient (Wildman–Crippen LogP) is 7.04. The third-order valence-electron chi connectivity index (χ3n) is 9.70. The van der Waals surface area contributed by atoms with E-state index in [1.165, 1.54) is 6.42 Å². The first-order valence-electron chi connectivity index (χ1n) is 17.3. The zero-order chi connectivity index (χ0) is 32.9. The molecule has 244 valence electrons. The van der Waals surface area contributed by atoms with Crippen LogP contribution in [0, 0.1) is 11.8 Å². The van der Waals surface area contributed by atoms with E-state index in [9.17, 15) is 4.79 Å². The van der Waals surface area contributed by atoms with Gasteiger partial charge in [-0.3, -0.25) is 9.69 Å². The van der Waals surface area contributed by atoms with Gasteiger partial charge in [0.2, 0.25) is 5.91 Å². The number of benzene rings is 3. The van der Waals surface area contributed by atoms with E-state index in [1.54, 1.807) is 0 Å². The molecule has 2 saturated heterocycles. The summed E-state index contributed by atoms with van der Waals surface area (Å²) in [6.07, 6.45) is 7.97. The fourth-order valence-corrected chi connectivity index (χ4v) is 7.05. The van der Waals surface area contributed by atoms with Crippen LogP contribution >= 0.6 is 0 Å². The molecule has 0 unspecified atom stereocenters. The van der Waals surface area contributed by atoms with Gasteiger partial charge in [-0.25, -0.2) is 9.97 Å². The molecule has 4 heterocycles. The number of H-pyrrole nitrogens is 2. The number of aromatic nitrogens is 4. The van der Waals surface area contributed by atoms with Crippen molar-refractivity contribution in [3.05, 3.63) is 120 Å². The van der Waals surface area contributed by atoms with Crippen LogP contribution in [0.5, 0.6) is 0 Å². The second kappa shape index (κ2) is 14.4. The lowest BCUT2D eigenvalue weighted by atomic mass is 10.0. The normalized spacial score (nSPS) is 18.2. The highest BCUT2D eigenvalue weighted by Gasteiger charge is 2.38. The zero-order valence-corrected chi connectivity index (χ0v) is 27.7. The Balaban J connectivity index is 1.01. The van der Waals surface area contributed by atoms with Gasteiger partial charge in [0.25, 0.3) is 0 Å². The topological polar surface area (TPSA) is 92.9 Å². The summed E-state index contributed by atoms with van der Waals surface area (Å²) >= 11 is 0. The third kappa shape index (κ3) is 6.70. The predicted molar refractivity (Wildman–Crippen MR) is 190 cm³/mol. The number of likely N-dealkylation sites (N-methyl/N-ethyl adjacent to an activating group) is 1. The molecular formula is C40H43N7O. The Bertz CT molecular complexity index is 1870. The van der Waals surface area contributed by atoms with E-state index in [1.807, 2.05) is 47.6 Å². The Morgan fingerprint density at radius 3 is 2.00 bits per heavy atom. The van der Waals surface area contributed by atoms with Crippen LogP contribution in [0.1, 0.15) is 86.0 Å². The van der Waals surface area contributed by atoms with E-state index in [2.05, 4.69) is 99.4 Å². The molecule has 8 heteroatoms. The van der Waals surface area contributed by atoms with Crippen molar-refractivity contribution < 1.29 is 4.79 Å². The fraction of sp³-hybridized carbons (Fsp3) is 0.325. The van der Waals surface area contributed by atoms with Gasteiger partial charge in [-0.05, 0) is 86.3 Å². The number of likely N-dealkylation sites (tertiary alicyclic amines) is 1. The van der Waals surface area contributed by atoms with Gasteiger partial charge in [0.15, 0.2) is 0 Å². The number of rotatable bonds is 9. The van der Waals surface area contributed by atoms with Crippen LogP contribution in [0.2, 0.25) is 0 Å². The maximum Gasteiger partial charge on any atom is 0.245 e. The van der Waals surface area contributed by atoms with Crippen LogP contribution in [-0.2, 0) is 4.79 Å². The van der Waals surface area contributed by atoms with E-state index in [0.29, 0.717) is 6.04 Å². The van der Waals surface area contributed by atoms with Gasteiger partial charge in [0, 0.05) is 17.7 Å². The summed E-state index contributed by atoms with van der Waals surface area (Å²) in [5.41, 5.74) is 7.05. The van der Waals surface area contributed by atoms with Gasteiger partial charge < -0.3 is 20.2 Å². The zero-order valence-electron chi connectivity index (χ0n) is 27.7. The number of hydrogen-bond acceptors (Lipinski definition) is 5. The number of hydrogen-bond donors (Lipinski definition) is 3. The number of aromatic amines is 2. The van der Waals surface area contributed by atoms with Crippen molar-refractivity contribution in [1.82, 2.24) is 35.1 Å². The van der Waals surface area contributed by atoms with Gasteiger partial charge in [-0.15, -0.1) is 0 Å². The Hall–Kier alpha value is -4.97. The van der Waals surface area contributed by atoms with Crippen LogP contribution in [0.4, 0.5) is 0 Å². The van der Waals surface area contributed by atoms with Gasteiger partial charge in [-0.2, -0.15) is 0 Å². The lowest BCUT2D eigenvalue weighted by molar-refractivity contribution is -0.138. The summed E-state index contributed by atoms with van der Waals surface area (Å²) < 4.78 is 0. The number of carbonyl (C=O) groups is 1. The molecule has 0 spiro atoms. The molecule has 2 aliphatic rings. The lowest BCUT2D eigenvalue weighted by Crippen LogP contribution is -2.43. The van der Waals surface area contributed by atoms with Crippen LogP contribution in [0.25, 0.3) is 22.5 Å². The molecule has 3 atom stereocenters. The quantitative estimate of drug-likeness (QED) is 0.151. The van der Waals surface area contributed by atoms with Gasteiger partial charge in [0.05, 0.1) is 35.9 Å². The van der Waals surface area contributed by atoms with Crippen LogP contribution in [0.3, 0.4) is 0 Å². The summed E-state index contributed by atoms with van der Waals surface area (Å²) in [4.78, 5) is 34.8. The van der Waals surface area contributed by atoms with E-state index >= 15 is 0 Å². The van der Waals surface area contributed by atoms with Crippen molar-refractivity contribution in [2.24, 2.45) is 0 Å². The fourth-order valence-electron chi connectivity index (χ4n) is 7.05. The maximum atomic E-state index is 14.1. The number of imidazole rings is 2. The van der Waals surface area contributed by atoms with Crippen molar-refractivity contribution in [1.29, 1.82) is 0 Å². The molecule has 0 aliphatic carbocycles. The van der Waals surface area contributed by atoms with E-state index < -0.39 is 0 Å². The minimum atomic E-state index is -0.300. The van der Waals surface area contributed by atoms with Gasteiger partial charge in [-0.1, -0.05) is 80.3 Å². The maximum absolute atomic E-state index is 14.1. The molecule has 7 rings (SSSR count). The minimum absolute atomic E-state index is 0.0656. The first-order valence-corrected chi connectivity index (χ1v) is 17.3. The SMILES string of the molecule is CCN(CC)[C@@H](C(=O)N1CCC[C@H]1c1ncc(-c2ccc(C#Cc3ccc(-c4cnc([C@@H]5CCCN5)[nH]4)cc3)cc2)[nH]1)c1ccccc1. The summed E-state index contributed by atoms with van der Waals surface area (Å²) in [6.45, 7) is 7.65. The Morgan fingerprint density at radius 1 is 0.812 bits per heavy atom. The number of carbonyl (C=O) groups excluding carboxylic acids is 1. The summed E-state index contributed by atoms with van der Waals surface area (Å²) in [6, 6.07) is 26.6. The minimum Gasteiger partial charge on any atom is -0.341 e. The molecule has 1 amide bonds. The molecule has 8 nitrogen and oxygen atoms in total. The smallest absolute Gasteiger partial charge is 0.245 e. The van der Waals surface area contributed by atoms with Crippen molar-refractivity contribution in [3.63, 3.8) is 0 Å². The van der Waals surface area contributed by atoms with Gasteiger partial charge >= 0.3 is 0 Å². The first-order chi connectivity index (χ1) is 23.6. The molecule has 2 fully saturated rings. The largest absolute Gasteiger partial charge is 0.341 e. The monoisotopic (exact) mass is 637 g/mol. The van der Waals surface area contributed by atoms with Crippen LogP contribution in [-0.4, -0.2) is 61.8 Å². The second-order valence-electron chi connectivity index (χ2n) is 12.6. The molecule has 48 heavy (non-hydrogen) atoms. The van der Waals surface area contributed by atoms with E-state index in [-0.39, 0.29) is 18.0 Å². The van der Waals surface area contributed by atoms with Gasteiger partial charge in [0.1, 0.15) is 17.7 Å². The molecule has 3 aromatic carbocycles. The first kappa shape index (κ1) is 31.6. The highest BCUT2D eigenvalue weighted by Crippen LogP contribution is 2.35. The lowest BCUT2D eigenvalue weighted by Gasteiger charge is -2.34. The van der Waals surface area contributed by atoms with Crippen LogP contribution in [0.15, 0.2) is 91.3 Å². The van der Waals surface area contributed by atoms with Crippen molar-refractivity contribution >= 4 is 5.91 Å². The second-order valence-corrected chi connectivity index (χ2v) is 12.6. The summed E-state index contributed by atoms with van der Waals surface area (Å²) in [7, 11) is 0. The highest BCUT2D eigenvalue weighted by atomic mass is 16.2. The molecule has 0 radical (unpaired) electrons. The average Bonchev–Trinajstić information content (AvgIpc) is 3.97. The molecule has 3 N–H and O–H groups in total. The Kier molecular flexibility index (Phi) is 9.50. The summed E-state index contributed by atoms with van der Waals surface area (Å²) in [5.74, 6) is 8.60. The molecule has 0 saturated carbocycles. The number of nitrogens with zero attached hydrogens (tertiary/aromatic N) is 4. The van der Waals surface area contributed by atoms with Crippen molar-refractivity contribution in [2.45, 2.75) is 57.7 Å². The molecule has 2 aromatic heterocycles. The molecular weight excluding hydrogens is 594 g/mol. The molecule has 0 bridgehead atoms. The van der Waals surface area contributed by atoms with Crippen molar-refractivity contribution in [2.75, 3.05) is 26.2 Å². The Morgan fingerprint density at radius 2 is 1.42 bits per heavy atom. The van der Waals surface area contributed by atoms with Crippen LogP contribution < -0.4 is 5.32 Å². The molecule has 2 aliphatic heterocycles. The molecule has 5 aromatic rings. The highest BCUT2D eigenvalue weighted by molar-refractivity contribution is 5.84. The number of amides is 1. The standard InChI is InChI=1S/C40H43N7O/c1-3-46(4-2)37(32-10-6-5-7-11-32)40(48)47-25-9-13-36(47)39-43-27-35(45-39)31-22-18-29(19-23-31)15-14-28-16-20-30(21-17-28)34-26-42-38(44-34)33-12-8-24-41-33/h5-7,10-11,16-23,26-27,33,36-37,41H,3-4,8-9,12-13,24-25H2,1-2H3,(H,42,44)(H,43,45)/t33-,36-,37+/m0/s1. The summed E-state index contributed by atoms with van der Waals surface area (Å²) in [5, 5.41) is 3.49. The van der Waals surface area contributed by atoms with E-state index in [0.717, 1.165) is 96.3 Å².